The third-order valence-electron chi connectivity index (χ3n) is 5.33. The summed E-state index contributed by atoms with van der Waals surface area (Å²) >= 11 is 0. The summed E-state index contributed by atoms with van der Waals surface area (Å²) in [5.41, 5.74) is 0.437. The molecule has 174 valence electrons. The Hall–Kier alpha value is -3.29. The fourth-order valence-corrected chi connectivity index (χ4v) is 4.35. The molecular weight excluding hydrogens is 435 g/mol. The summed E-state index contributed by atoms with van der Waals surface area (Å²) in [6.07, 6.45) is -1.42. The highest BCUT2D eigenvalue weighted by Crippen LogP contribution is 2.52. The Labute approximate surface area is 189 Å². The standard InChI is InChI=1S/C25H24F3NO4/c1-12(2)32-20(30)11-17-16-8-13(26)6-7-15(16)23-21(17)18-9-14(27)10-19(28)22(18)29(23)24(31)33-25(3,4)5/h6-10,12,17H,11H2,1-5H3. The molecule has 1 unspecified atom stereocenters. The van der Waals surface area contributed by atoms with E-state index in [2.05, 4.69) is 0 Å². The van der Waals surface area contributed by atoms with E-state index in [-0.39, 0.29) is 29.1 Å². The molecule has 0 bridgehead atoms. The van der Waals surface area contributed by atoms with Crippen LogP contribution in [0.15, 0.2) is 30.3 Å². The maximum absolute atomic E-state index is 15.0. The number of hydrogen-bond acceptors (Lipinski definition) is 4. The SMILES string of the molecule is CC(C)OC(=O)CC1c2cc(F)ccc2-c2c1c1cc(F)cc(F)c1n2C(=O)OC(C)(C)C. The second-order valence-corrected chi connectivity index (χ2v) is 9.39. The number of ether oxygens (including phenoxy) is 2. The highest BCUT2D eigenvalue weighted by molar-refractivity contribution is 6.03. The molecule has 0 spiro atoms. The maximum atomic E-state index is 15.0. The summed E-state index contributed by atoms with van der Waals surface area (Å²) in [6, 6.07) is 5.74. The van der Waals surface area contributed by atoms with Crippen molar-refractivity contribution in [2.24, 2.45) is 0 Å². The van der Waals surface area contributed by atoms with Crippen LogP contribution in [0.4, 0.5) is 18.0 Å². The Balaban J connectivity index is 2.03. The second kappa shape index (κ2) is 7.93. The van der Waals surface area contributed by atoms with Crippen molar-refractivity contribution >= 4 is 23.0 Å². The van der Waals surface area contributed by atoms with Gasteiger partial charge in [-0.2, -0.15) is 0 Å². The molecule has 0 N–H and O–H groups in total. The predicted octanol–water partition coefficient (Wildman–Crippen LogP) is 6.30. The van der Waals surface area contributed by atoms with Crippen molar-refractivity contribution in [3.05, 3.63) is 58.9 Å². The monoisotopic (exact) mass is 459 g/mol. The number of benzene rings is 2. The number of halogens is 3. The highest BCUT2D eigenvalue weighted by atomic mass is 19.1. The van der Waals surface area contributed by atoms with Gasteiger partial charge in [0.05, 0.1) is 23.7 Å². The summed E-state index contributed by atoms with van der Waals surface area (Å²) in [5, 5.41) is 0.118. The van der Waals surface area contributed by atoms with Crippen molar-refractivity contribution in [1.29, 1.82) is 0 Å². The highest BCUT2D eigenvalue weighted by Gasteiger charge is 2.40. The zero-order valence-electron chi connectivity index (χ0n) is 19.0. The topological polar surface area (TPSA) is 57.5 Å². The zero-order valence-corrected chi connectivity index (χ0v) is 19.0. The first-order chi connectivity index (χ1) is 15.4. The maximum Gasteiger partial charge on any atom is 0.419 e. The van der Waals surface area contributed by atoms with E-state index in [0.717, 1.165) is 10.6 Å². The lowest BCUT2D eigenvalue weighted by Gasteiger charge is -2.21. The quantitative estimate of drug-likeness (QED) is 0.432. The van der Waals surface area contributed by atoms with Crippen molar-refractivity contribution in [3.63, 3.8) is 0 Å². The molecule has 1 aliphatic carbocycles. The van der Waals surface area contributed by atoms with Gasteiger partial charge in [0.2, 0.25) is 0 Å². The van der Waals surface area contributed by atoms with Crippen LogP contribution in [-0.4, -0.2) is 28.3 Å². The van der Waals surface area contributed by atoms with Crippen molar-refractivity contribution in [2.45, 2.75) is 58.7 Å². The van der Waals surface area contributed by atoms with E-state index >= 15 is 4.39 Å². The molecule has 5 nitrogen and oxygen atoms in total. The third kappa shape index (κ3) is 4.10. The van der Waals surface area contributed by atoms with Gasteiger partial charge in [-0.3, -0.25) is 4.79 Å². The lowest BCUT2D eigenvalue weighted by Crippen LogP contribution is -2.27. The normalized spacial score (nSPS) is 15.0. The lowest BCUT2D eigenvalue weighted by atomic mass is 9.92. The van der Waals surface area contributed by atoms with Crippen LogP contribution in [0.5, 0.6) is 0 Å². The fraction of sp³-hybridized carbons (Fsp3) is 0.360. The third-order valence-corrected chi connectivity index (χ3v) is 5.33. The zero-order chi connectivity index (χ0) is 24.2. The first kappa shape index (κ1) is 22.9. The molecule has 1 aliphatic rings. The number of carbonyl (C=O) groups excluding carboxylic acids is 2. The van der Waals surface area contributed by atoms with Crippen LogP contribution in [0.1, 0.15) is 58.1 Å². The smallest absolute Gasteiger partial charge is 0.419 e. The first-order valence-corrected chi connectivity index (χ1v) is 10.6. The molecular formula is C25H24F3NO4. The lowest BCUT2D eigenvalue weighted by molar-refractivity contribution is -0.147. The number of nitrogens with zero attached hydrogens (tertiary/aromatic N) is 1. The van der Waals surface area contributed by atoms with Gasteiger partial charge >= 0.3 is 12.1 Å². The van der Waals surface area contributed by atoms with Gasteiger partial charge in [0.15, 0.2) is 5.82 Å². The average molecular weight is 459 g/mol. The van der Waals surface area contributed by atoms with E-state index in [1.807, 2.05) is 0 Å². The Kier molecular flexibility index (Phi) is 5.50. The summed E-state index contributed by atoms with van der Waals surface area (Å²) in [7, 11) is 0. The number of carbonyl (C=O) groups is 2. The van der Waals surface area contributed by atoms with Gasteiger partial charge < -0.3 is 9.47 Å². The van der Waals surface area contributed by atoms with Gasteiger partial charge in [0.25, 0.3) is 0 Å². The minimum absolute atomic E-state index is 0.118. The average Bonchev–Trinajstić information content (AvgIpc) is 3.13. The van der Waals surface area contributed by atoms with Crippen LogP contribution in [0, 0.1) is 17.5 Å². The van der Waals surface area contributed by atoms with Gasteiger partial charge in [0, 0.05) is 22.9 Å². The molecule has 2 aromatic carbocycles. The van der Waals surface area contributed by atoms with Gasteiger partial charge in [0.1, 0.15) is 17.2 Å². The van der Waals surface area contributed by atoms with E-state index in [4.69, 9.17) is 9.47 Å². The molecule has 0 aliphatic heterocycles. The summed E-state index contributed by atoms with van der Waals surface area (Å²) < 4.78 is 55.4. The molecule has 0 fully saturated rings. The molecule has 1 aromatic heterocycles. The Bertz CT molecular complexity index is 1290. The van der Waals surface area contributed by atoms with Gasteiger partial charge in [-0.1, -0.05) is 0 Å². The van der Waals surface area contributed by atoms with E-state index in [9.17, 15) is 18.4 Å². The Morgan fingerprint density at radius 2 is 1.76 bits per heavy atom. The number of rotatable bonds is 3. The molecule has 0 saturated carbocycles. The minimum Gasteiger partial charge on any atom is -0.463 e. The van der Waals surface area contributed by atoms with Crippen LogP contribution in [-0.2, 0) is 14.3 Å². The molecule has 0 saturated heterocycles. The first-order valence-electron chi connectivity index (χ1n) is 10.6. The van der Waals surface area contributed by atoms with Crippen LogP contribution < -0.4 is 0 Å². The molecule has 1 heterocycles. The Morgan fingerprint density at radius 3 is 2.39 bits per heavy atom. The minimum atomic E-state index is -0.947. The molecule has 4 rings (SSSR count). The van der Waals surface area contributed by atoms with Crippen LogP contribution in [0.25, 0.3) is 22.2 Å². The van der Waals surface area contributed by atoms with E-state index in [1.54, 1.807) is 34.6 Å². The number of esters is 1. The molecule has 3 aromatic rings. The molecule has 8 heteroatoms. The molecule has 1 atom stereocenters. The molecule has 33 heavy (non-hydrogen) atoms. The molecule has 0 amide bonds. The second-order valence-electron chi connectivity index (χ2n) is 9.39. The number of aromatic nitrogens is 1. The van der Waals surface area contributed by atoms with Crippen LogP contribution >= 0.6 is 0 Å². The molecule has 0 radical (unpaired) electrons. The Morgan fingerprint density at radius 1 is 1.06 bits per heavy atom. The van der Waals surface area contributed by atoms with Crippen molar-refractivity contribution in [1.82, 2.24) is 4.57 Å². The van der Waals surface area contributed by atoms with Crippen LogP contribution in [0.2, 0.25) is 0 Å². The van der Waals surface area contributed by atoms with Crippen molar-refractivity contribution in [2.75, 3.05) is 0 Å². The number of fused-ring (bicyclic) bond motifs is 5. The van der Waals surface area contributed by atoms with E-state index in [1.165, 1.54) is 18.2 Å². The van der Waals surface area contributed by atoms with Gasteiger partial charge in [-0.25, -0.2) is 22.5 Å². The summed E-state index contributed by atoms with van der Waals surface area (Å²) in [5.74, 6) is -3.63. The number of hydrogen-bond donors (Lipinski definition) is 0. The largest absolute Gasteiger partial charge is 0.463 e. The van der Waals surface area contributed by atoms with Crippen molar-refractivity contribution in [3.8, 4) is 11.3 Å². The summed E-state index contributed by atoms with van der Waals surface area (Å²) in [4.78, 5) is 25.7. The summed E-state index contributed by atoms with van der Waals surface area (Å²) in [6.45, 7) is 8.40. The fourth-order valence-electron chi connectivity index (χ4n) is 4.35. The van der Waals surface area contributed by atoms with E-state index in [0.29, 0.717) is 22.8 Å². The predicted molar refractivity (Wildman–Crippen MR) is 117 cm³/mol. The van der Waals surface area contributed by atoms with E-state index < -0.39 is 41.0 Å². The van der Waals surface area contributed by atoms with Crippen molar-refractivity contribution < 1.29 is 32.2 Å². The van der Waals surface area contributed by atoms with Gasteiger partial charge in [-0.15, -0.1) is 0 Å². The van der Waals surface area contributed by atoms with Crippen LogP contribution in [0.3, 0.4) is 0 Å². The van der Waals surface area contributed by atoms with Gasteiger partial charge in [-0.05, 0) is 70.0 Å².